The van der Waals surface area contributed by atoms with Gasteiger partial charge in [-0.15, -0.1) is 0 Å². The number of rotatable bonds is 4. The number of hydrogen-bond acceptors (Lipinski definition) is 3. The quantitative estimate of drug-likeness (QED) is 0.938. The first-order valence-electron chi connectivity index (χ1n) is 5.96. The molecule has 0 aliphatic carbocycles. The van der Waals surface area contributed by atoms with Crippen LogP contribution < -0.4 is 10.1 Å². The van der Waals surface area contributed by atoms with Crippen LogP contribution in [0.2, 0.25) is 5.02 Å². The minimum absolute atomic E-state index is 0.0365. The molecule has 2 aromatic rings. The Bertz CT molecular complexity index is 696. The molecule has 0 saturated heterocycles. The smallest absolute Gasteiger partial charge is 0.255 e. The van der Waals surface area contributed by atoms with Crippen molar-refractivity contribution in [2.45, 2.75) is 0 Å². The van der Waals surface area contributed by atoms with Crippen molar-refractivity contribution in [2.75, 3.05) is 11.9 Å². The zero-order chi connectivity index (χ0) is 15.2. The Labute approximate surface area is 125 Å². The van der Waals surface area contributed by atoms with Gasteiger partial charge in [-0.1, -0.05) is 11.6 Å². The predicted molar refractivity (Wildman–Crippen MR) is 76.9 cm³/mol. The molecule has 0 unspecified atom stereocenters. The molecule has 6 heteroatoms. The minimum atomic E-state index is -0.649. The van der Waals surface area contributed by atoms with E-state index in [0.29, 0.717) is 11.4 Å². The van der Waals surface area contributed by atoms with Crippen LogP contribution in [0.5, 0.6) is 5.75 Å². The zero-order valence-corrected chi connectivity index (χ0v) is 11.5. The molecule has 2 rings (SSSR count). The standard InChI is InChI=1S/C15H10ClFN2O2/c16-13-6-1-10(9-14(13)17)15(20)19-11-2-4-12(5-3-11)21-8-7-18/h1-6,9H,8H2,(H,19,20). The summed E-state index contributed by atoms with van der Waals surface area (Å²) in [6.07, 6.45) is 0. The highest BCUT2D eigenvalue weighted by Crippen LogP contribution is 2.18. The summed E-state index contributed by atoms with van der Waals surface area (Å²) >= 11 is 5.56. The van der Waals surface area contributed by atoms with E-state index in [0.717, 1.165) is 6.07 Å². The molecule has 0 bridgehead atoms. The van der Waals surface area contributed by atoms with Crippen LogP contribution in [0.15, 0.2) is 42.5 Å². The van der Waals surface area contributed by atoms with Gasteiger partial charge in [0.05, 0.1) is 5.02 Å². The Morgan fingerprint density at radius 1 is 1.29 bits per heavy atom. The molecule has 2 aromatic carbocycles. The summed E-state index contributed by atoms with van der Waals surface area (Å²) in [6, 6.07) is 12.2. The Hall–Kier alpha value is -2.58. The van der Waals surface area contributed by atoms with Crippen molar-refractivity contribution in [1.29, 1.82) is 5.26 Å². The lowest BCUT2D eigenvalue weighted by atomic mass is 10.2. The number of amides is 1. The van der Waals surface area contributed by atoms with Crippen molar-refractivity contribution in [1.82, 2.24) is 0 Å². The summed E-state index contributed by atoms with van der Waals surface area (Å²) in [6.45, 7) is -0.0459. The summed E-state index contributed by atoms with van der Waals surface area (Å²) in [7, 11) is 0. The van der Waals surface area contributed by atoms with Gasteiger partial charge in [0.1, 0.15) is 17.6 Å². The summed E-state index contributed by atoms with van der Waals surface area (Å²) in [5, 5.41) is 11.0. The fourth-order valence-corrected chi connectivity index (χ4v) is 1.71. The molecule has 0 aromatic heterocycles. The first kappa shape index (κ1) is 14.8. The molecule has 1 amide bonds. The number of nitriles is 1. The number of nitrogens with zero attached hydrogens (tertiary/aromatic N) is 1. The van der Waals surface area contributed by atoms with Crippen molar-refractivity contribution < 1.29 is 13.9 Å². The van der Waals surface area contributed by atoms with Gasteiger partial charge in [0.2, 0.25) is 0 Å². The highest BCUT2D eigenvalue weighted by atomic mass is 35.5. The van der Waals surface area contributed by atoms with E-state index in [-0.39, 0.29) is 17.2 Å². The monoisotopic (exact) mass is 304 g/mol. The number of carbonyl (C=O) groups is 1. The summed E-state index contributed by atoms with van der Waals surface area (Å²) in [5.74, 6) is -0.576. The molecule has 21 heavy (non-hydrogen) atoms. The zero-order valence-electron chi connectivity index (χ0n) is 10.8. The van der Waals surface area contributed by atoms with Gasteiger partial charge >= 0.3 is 0 Å². The number of halogens is 2. The summed E-state index contributed by atoms with van der Waals surface area (Å²) in [5.41, 5.74) is 0.696. The topological polar surface area (TPSA) is 62.1 Å². The van der Waals surface area contributed by atoms with E-state index in [4.69, 9.17) is 21.6 Å². The van der Waals surface area contributed by atoms with Crippen LogP contribution in [-0.2, 0) is 0 Å². The van der Waals surface area contributed by atoms with E-state index in [1.54, 1.807) is 24.3 Å². The molecule has 106 valence electrons. The minimum Gasteiger partial charge on any atom is -0.479 e. The lowest BCUT2D eigenvalue weighted by Gasteiger charge is -2.07. The Morgan fingerprint density at radius 3 is 2.62 bits per heavy atom. The van der Waals surface area contributed by atoms with Gasteiger partial charge in [-0.25, -0.2) is 4.39 Å². The van der Waals surface area contributed by atoms with Gasteiger partial charge < -0.3 is 10.1 Å². The maximum absolute atomic E-state index is 13.3. The summed E-state index contributed by atoms with van der Waals surface area (Å²) < 4.78 is 18.4. The highest BCUT2D eigenvalue weighted by Gasteiger charge is 2.09. The molecular formula is C15H10ClFN2O2. The number of carbonyl (C=O) groups excluding carboxylic acids is 1. The molecule has 0 aliphatic rings. The second-order valence-electron chi connectivity index (χ2n) is 4.05. The molecule has 0 saturated carbocycles. The molecule has 0 aliphatic heterocycles. The fraction of sp³-hybridized carbons (Fsp3) is 0.0667. The first-order chi connectivity index (χ1) is 10.1. The van der Waals surface area contributed by atoms with Crippen molar-refractivity contribution in [3.63, 3.8) is 0 Å². The Kier molecular flexibility index (Phi) is 4.75. The van der Waals surface area contributed by atoms with E-state index in [1.165, 1.54) is 12.1 Å². The van der Waals surface area contributed by atoms with Gasteiger partial charge in [-0.3, -0.25) is 4.79 Å². The van der Waals surface area contributed by atoms with Crippen molar-refractivity contribution in [2.24, 2.45) is 0 Å². The van der Waals surface area contributed by atoms with Crippen LogP contribution >= 0.6 is 11.6 Å². The lowest BCUT2D eigenvalue weighted by molar-refractivity contribution is 0.102. The predicted octanol–water partition coefficient (Wildman–Crippen LogP) is 3.63. The largest absolute Gasteiger partial charge is 0.479 e. The van der Waals surface area contributed by atoms with Crippen LogP contribution in [0.4, 0.5) is 10.1 Å². The number of benzene rings is 2. The third-order valence-electron chi connectivity index (χ3n) is 2.60. The van der Waals surface area contributed by atoms with Crippen LogP contribution in [-0.4, -0.2) is 12.5 Å². The molecule has 1 N–H and O–H groups in total. The van der Waals surface area contributed by atoms with Crippen molar-refractivity contribution >= 4 is 23.2 Å². The number of anilines is 1. The second kappa shape index (κ2) is 6.73. The van der Waals surface area contributed by atoms with Gasteiger partial charge in [0, 0.05) is 11.3 Å². The number of hydrogen-bond donors (Lipinski definition) is 1. The van der Waals surface area contributed by atoms with Crippen LogP contribution in [0.3, 0.4) is 0 Å². The van der Waals surface area contributed by atoms with Crippen LogP contribution in [0, 0.1) is 17.1 Å². The molecule has 0 radical (unpaired) electrons. The first-order valence-corrected chi connectivity index (χ1v) is 6.34. The maximum Gasteiger partial charge on any atom is 0.255 e. The van der Waals surface area contributed by atoms with E-state index in [1.807, 2.05) is 6.07 Å². The third kappa shape index (κ3) is 3.94. The fourth-order valence-electron chi connectivity index (χ4n) is 1.59. The van der Waals surface area contributed by atoms with Crippen LogP contribution in [0.25, 0.3) is 0 Å². The van der Waals surface area contributed by atoms with E-state index in [2.05, 4.69) is 5.32 Å². The third-order valence-corrected chi connectivity index (χ3v) is 2.90. The highest BCUT2D eigenvalue weighted by molar-refractivity contribution is 6.30. The average molecular weight is 305 g/mol. The van der Waals surface area contributed by atoms with E-state index in [9.17, 15) is 9.18 Å². The number of ether oxygens (including phenoxy) is 1. The van der Waals surface area contributed by atoms with Gasteiger partial charge in [0.25, 0.3) is 5.91 Å². The van der Waals surface area contributed by atoms with Gasteiger partial charge in [-0.2, -0.15) is 5.26 Å². The van der Waals surface area contributed by atoms with Gasteiger partial charge in [-0.05, 0) is 42.5 Å². The SMILES string of the molecule is N#CCOc1ccc(NC(=O)c2ccc(Cl)c(F)c2)cc1. The van der Waals surface area contributed by atoms with Crippen molar-refractivity contribution in [3.8, 4) is 11.8 Å². The maximum atomic E-state index is 13.3. The molecule has 0 heterocycles. The number of nitrogens with one attached hydrogen (secondary N) is 1. The van der Waals surface area contributed by atoms with E-state index < -0.39 is 11.7 Å². The van der Waals surface area contributed by atoms with Crippen molar-refractivity contribution in [3.05, 3.63) is 58.9 Å². The lowest BCUT2D eigenvalue weighted by Crippen LogP contribution is -2.12. The molecule has 0 fully saturated rings. The Morgan fingerprint density at radius 2 is 2.00 bits per heavy atom. The summed E-state index contributed by atoms with van der Waals surface area (Å²) in [4.78, 5) is 11.9. The Balaban J connectivity index is 2.05. The van der Waals surface area contributed by atoms with E-state index >= 15 is 0 Å². The van der Waals surface area contributed by atoms with Gasteiger partial charge in [0.15, 0.2) is 6.61 Å². The molecule has 0 spiro atoms. The second-order valence-corrected chi connectivity index (χ2v) is 4.46. The molecular weight excluding hydrogens is 295 g/mol. The average Bonchev–Trinajstić information content (AvgIpc) is 2.49. The molecule has 4 nitrogen and oxygen atoms in total. The normalized spacial score (nSPS) is 9.76. The van der Waals surface area contributed by atoms with Crippen LogP contribution in [0.1, 0.15) is 10.4 Å². The molecule has 0 atom stereocenters.